The molecule has 0 radical (unpaired) electrons. The number of thiazole rings is 1. The number of aromatic carboxylic acids is 1. The summed E-state index contributed by atoms with van der Waals surface area (Å²) in [5, 5.41) is 16.0. The molecule has 2 amide bonds. The Morgan fingerprint density at radius 3 is 1.31 bits per heavy atom. The molecule has 9 aromatic heterocycles. The van der Waals surface area contributed by atoms with Crippen molar-refractivity contribution >= 4 is 136 Å². The number of hydrogen-bond acceptors (Lipinski definition) is 25. The van der Waals surface area contributed by atoms with E-state index in [0.29, 0.717) is 140 Å². The molecular formula is C117H109F2N11O15S2. The number of anilines is 4. The van der Waals surface area contributed by atoms with E-state index in [0.717, 1.165) is 161 Å². The summed E-state index contributed by atoms with van der Waals surface area (Å²) in [7, 11) is 1.37. The zero-order valence-electron chi connectivity index (χ0n) is 81.8. The van der Waals surface area contributed by atoms with Crippen molar-refractivity contribution in [2.45, 2.75) is 85.0 Å². The Morgan fingerprint density at radius 1 is 0.401 bits per heavy atom. The van der Waals surface area contributed by atoms with Gasteiger partial charge in [0.25, 0.3) is 0 Å². The van der Waals surface area contributed by atoms with E-state index in [4.69, 9.17) is 32.6 Å². The summed E-state index contributed by atoms with van der Waals surface area (Å²) in [6.07, 6.45) is 13.9. The van der Waals surface area contributed by atoms with Crippen molar-refractivity contribution in [1.29, 1.82) is 0 Å². The van der Waals surface area contributed by atoms with Crippen molar-refractivity contribution in [1.82, 2.24) is 34.7 Å². The molecule has 0 unspecified atom stereocenters. The van der Waals surface area contributed by atoms with Crippen molar-refractivity contribution in [3.8, 4) is 22.1 Å². The number of para-hydroxylation sites is 2. The topological polar surface area (TPSA) is 308 Å². The first-order chi connectivity index (χ1) is 71.5. The summed E-state index contributed by atoms with van der Waals surface area (Å²) in [4.78, 5) is 136. The lowest BCUT2D eigenvalue weighted by atomic mass is 9.97. The van der Waals surface area contributed by atoms with Crippen molar-refractivity contribution in [2.24, 2.45) is 11.8 Å². The fourth-order valence-electron chi connectivity index (χ4n) is 18.7. The van der Waals surface area contributed by atoms with E-state index in [1.165, 1.54) is 19.2 Å². The number of pyridine rings is 4. The van der Waals surface area contributed by atoms with E-state index < -0.39 is 5.97 Å². The van der Waals surface area contributed by atoms with E-state index in [-0.39, 0.29) is 90.2 Å². The van der Waals surface area contributed by atoms with Crippen LogP contribution in [0.4, 0.5) is 32.1 Å². The quantitative estimate of drug-likeness (QED) is 0.0336. The second-order valence-electron chi connectivity index (χ2n) is 37.0. The number of rotatable bonds is 29. The minimum Gasteiger partial charge on any atom is -0.493 e. The van der Waals surface area contributed by atoms with Gasteiger partial charge in [-0.05, 0) is 218 Å². The van der Waals surface area contributed by atoms with Crippen LogP contribution in [0.5, 0.6) is 11.5 Å². The van der Waals surface area contributed by atoms with Gasteiger partial charge < -0.3 is 62.0 Å². The van der Waals surface area contributed by atoms with E-state index in [2.05, 4.69) is 50.6 Å². The van der Waals surface area contributed by atoms with Crippen LogP contribution < -0.4 is 29.1 Å². The van der Waals surface area contributed by atoms with Gasteiger partial charge >= 0.3 is 11.9 Å². The van der Waals surface area contributed by atoms with Crippen LogP contribution in [-0.2, 0) is 52.9 Å². The van der Waals surface area contributed by atoms with E-state index >= 15 is 0 Å². The number of aromatic nitrogens is 5. The van der Waals surface area contributed by atoms with Crippen LogP contribution >= 0.6 is 22.7 Å². The average Bonchev–Trinajstić information content (AvgIpc) is 1.66. The van der Waals surface area contributed by atoms with Gasteiger partial charge in [0.15, 0.2) is 23.1 Å². The Labute approximate surface area is 856 Å². The van der Waals surface area contributed by atoms with Gasteiger partial charge in [-0.3, -0.25) is 28.8 Å². The molecule has 0 bridgehead atoms. The molecule has 0 atom stereocenters. The smallest absolute Gasteiger partial charge is 0.337 e. The lowest BCUT2D eigenvalue weighted by Crippen LogP contribution is -2.49. The first kappa shape index (κ1) is 101. The number of hydrogen-bond donors (Lipinski definition) is 1. The number of carbonyl (C=O) groups excluding carboxylic acids is 7. The number of nitrogens with zero attached hydrogens (tertiary/aromatic N) is 11. The molecule has 17 aromatic rings. The maximum atomic E-state index is 13.9. The minimum atomic E-state index is -0.960. The highest BCUT2D eigenvalue weighted by Crippen LogP contribution is 2.37. The van der Waals surface area contributed by atoms with E-state index in [1.54, 1.807) is 148 Å². The third-order valence-electron chi connectivity index (χ3n) is 27.2. The van der Waals surface area contributed by atoms with Crippen LogP contribution in [0.3, 0.4) is 0 Å². The SMILES string of the molecule is COC(=O)c1cccc(OCC2CCN(c3ccc(CC(=O)c4oc5ccccc5c4C)cn3)CC2)c1.Cc1c(C(=O)Cc2ccc(N3CCC(COc4cccc(C(=O)O)c4)CC3)nc2)oc2ccc(-c3nccs3)cc12.Cc1c(C(=O)Cc2ccc(N3CCN(C(=O)Cc4ccccc4F)CC3)nc2)sc2ccccc12.O=C(Cc1ccc(N2CCN(C(=O)Cc3ccccc3F)CC2)nc1)c1cc2ccccc2o1. The van der Waals surface area contributed by atoms with Gasteiger partial charge in [0.05, 0.1) is 49.2 Å². The second-order valence-corrected chi connectivity index (χ2v) is 38.9. The number of ether oxygens (including phenoxy) is 3. The van der Waals surface area contributed by atoms with Gasteiger partial charge in [-0.1, -0.05) is 127 Å². The molecular weight excluding hydrogens is 1900 g/mol. The van der Waals surface area contributed by atoms with Gasteiger partial charge in [-0.15, -0.1) is 22.7 Å². The molecule has 0 aliphatic carbocycles. The standard InChI is InChI=1S/C32H29N3O5S.C30H30N2O5.C28H26FN3O2S.C27H24FN3O3/c1-20-26-17-23(31-33-11-14-41-31)6-7-28(26)40-30(20)27(36)15-22-5-8-29(34-18-22)35-12-9-21(10-13-35)19-39-25-4-2-3-24(16-25)32(37)38;1-20-25-8-3-4-9-27(25)37-29(20)26(33)16-22-10-11-28(31-18-22)32-14-12-21(13-15-32)19-36-24-7-5-6-23(17-24)30(34)35-2;1-19-22-7-3-5-9-25(22)35-28(19)24(33)16-20-10-11-26(30-18-20)31-12-14-32(15-13-31)27(34)17-21-6-2-4-8-23(21)29;28-22-7-3-1-5-20(22)17-27(33)31-13-11-30(12-14-31)26-10-9-19(18-29-26)15-23(32)25-16-21-6-2-4-8-24(21)34-25/h2-8,11,14,16-18,21H,9-10,12-13,15,19H2,1H3,(H,37,38);3-11,17-18,21H,12-16,19H2,1-2H3;2-11,18H,12-17H2,1H3;1-10,16,18H,11-15,17H2. The number of carbonyl (C=O) groups is 8. The van der Waals surface area contributed by atoms with Gasteiger partial charge in [-0.25, -0.2) is 43.3 Å². The zero-order valence-corrected chi connectivity index (χ0v) is 83.5. The molecule has 13 heterocycles. The highest BCUT2D eigenvalue weighted by atomic mass is 32.1. The molecule has 0 saturated carbocycles. The molecule has 4 aliphatic rings. The van der Waals surface area contributed by atoms with Gasteiger partial charge in [0, 0.05) is 178 Å². The number of piperidine rings is 2. The number of esters is 1. The number of furan rings is 3. The highest BCUT2D eigenvalue weighted by Gasteiger charge is 2.30. The van der Waals surface area contributed by atoms with Crippen molar-refractivity contribution < 1.29 is 79.7 Å². The van der Waals surface area contributed by atoms with Gasteiger partial charge in [-0.2, -0.15) is 0 Å². The van der Waals surface area contributed by atoms with E-state index in [1.807, 2.05) is 166 Å². The summed E-state index contributed by atoms with van der Waals surface area (Å²) < 4.78 is 62.9. The molecule has 1 N–H and O–H groups in total. The number of carboxylic acids is 1. The van der Waals surface area contributed by atoms with Crippen LogP contribution in [-0.4, -0.2) is 186 Å². The minimum absolute atomic E-state index is 0.0406. The third kappa shape index (κ3) is 25.1. The maximum absolute atomic E-state index is 13.9. The van der Waals surface area contributed by atoms with Crippen molar-refractivity contribution in [2.75, 3.05) is 118 Å². The summed E-state index contributed by atoms with van der Waals surface area (Å²) >= 11 is 3.13. The summed E-state index contributed by atoms with van der Waals surface area (Å²) in [5.74, 6) is 4.44. The number of halogens is 2. The Bertz CT molecular complexity index is 7540. The van der Waals surface area contributed by atoms with Crippen LogP contribution in [0, 0.1) is 44.2 Å². The molecule has 4 saturated heterocycles. The fraction of sp³-hybridized carbons (Fsp3) is 0.256. The average molecular weight is 2010 g/mol. The molecule has 30 heteroatoms. The summed E-state index contributed by atoms with van der Waals surface area (Å²) in [6.45, 7) is 15.4. The number of fused-ring (bicyclic) bond motifs is 4. The monoisotopic (exact) mass is 2010 g/mol. The molecule has 26 nitrogen and oxygen atoms in total. The number of methoxy groups -OCH3 is 1. The fourth-order valence-corrected chi connectivity index (χ4v) is 20.5. The number of aryl methyl sites for hydroxylation is 3. The Hall–Kier alpha value is -16.2. The number of thiophene rings is 1. The summed E-state index contributed by atoms with van der Waals surface area (Å²) in [5.41, 5.74) is 10.9. The number of piperazine rings is 2. The number of Topliss-reactive ketones (excluding diaryl/α,β-unsaturated/α-hetero) is 4. The number of amides is 2. The Morgan fingerprint density at radius 2 is 0.844 bits per heavy atom. The Balaban J connectivity index is 0.000000129. The van der Waals surface area contributed by atoms with Crippen molar-refractivity contribution in [3.05, 3.63) is 374 Å². The molecule has 147 heavy (non-hydrogen) atoms. The predicted octanol–water partition coefficient (Wildman–Crippen LogP) is 21.7. The van der Waals surface area contributed by atoms with E-state index in [9.17, 15) is 47.1 Å². The highest BCUT2D eigenvalue weighted by molar-refractivity contribution is 7.21. The number of benzene rings is 8. The van der Waals surface area contributed by atoms with Gasteiger partial charge in [0.1, 0.15) is 68.2 Å². The molecule has 21 rings (SSSR count). The zero-order chi connectivity index (χ0) is 102. The van der Waals surface area contributed by atoms with Crippen molar-refractivity contribution in [3.63, 3.8) is 0 Å². The van der Waals surface area contributed by atoms with Gasteiger partial charge in [0.2, 0.25) is 29.2 Å². The lowest BCUT2D eigenvalue weighted by molar-refractivity contribution is -0.131. The first-order valence-electron chi connectivity index (χ1n) is 49.1. The lowest BCUT2D eigenvalue weighted by Gasteiger charge is -2.35. The van der Waals surface area contributed by atoms with Crippen LogP contribution in [0.25, 0.3) is 53.6 Å². The van der Waals surface area contributed by atoms with Crippen LogP contribution in [0.1, 0.15) is 138 Å². The number of carboxylic acid groups (broad SMARTS) is 1. The summed E-state index contributed by atoms with van der Waals surface area (Å²) in [6, 6.07) is 73.1. The molecule has 0 spiro atoms. The maximum Gasteiger partial charge on any atom is 0.337 e. The largest absolute Gasteiger partial charge is 0.493 e. The molecule has 8 aromatic carbocycles. The number of ketones is 4. The molecule has 4 fully saturated rings. The van der Waals surface area contributed by atoms with Crippen LogP contribution in [0.15, 0.2) is 292 Å². The Kier molecular flexibility index (Phi) is 32.3. The third-order valence-corrected chi connectivity index (χ3v) is 29.3. The normalized spacial score (nSPS) is 13.9. The molecule has 748 valence electrons. The predicted molar refractivity (Wildman–Crippen MR) is 565 cm³/mol. The van der Waals surface area contributed by atoms with Crippen LogP contribution in [0.2, 0.25) is 0 Å². The second kappa shape index (κ2) is 47.1. The molecule has 4 aliphatic heterocycles. The first-order valence-corrected chi connectivity index (χ1v) is 50.8.